The SMILES string of the molecule is CCCCCn1nnc(CCN)c1CC. The van der Waals surface area contributed by atoms with Gasteiger partial charge in [-0.3, -0.25) is 0 Å². The van der Waals surface area contributed by atoms with E-state index in [1.54, 1.807) is 0 Å². The van der Waals surface area contributed by atoms with E-state index in [9.17, 15) is 0 Å². The maximum Gasteiger partial charge on any atom is 0.0871 e. The van der Waals surface area contributed by atoms with Crippen LogP contribution in [0, 0.1) is 0 Å². The third kappa shape index (κ3) is 3.30. The van der Waals surface area contributed by atoms with Crippen LogP contribution >= 0.6 is 0 Å². The molecule has 0 unspecified atom stereocenters. The standard InChI is InChI=1S/C11H22N4/c1-3-5-6-9-15-11(4-2)10(7-8-12)13-14-15/h3-9,12H2,1-2H3. The maximum absolute atomic E-state index is 5.54. The molecule has 86 valence electrons. The van der Waals surface area contributed by atoms with Gasteiger partial charge in [0, 0.05) is 13.0 Å². The van der Waals surface area contributed by atoms with Crippen LogP contribution in [0.15, 0.2) is 0 Å². The number of rotatable bonds is 7. The number of nitrogens with zero attached hydrogens (tertiary/aromatic N) is 3. The molecule has 2 N–H and O–H groups in total. The third-order valence-electron chi connectivity index (χ3n) is 2.61. The van der Waals surface area contributed by atoms with E-state index in [4.69, 9.17) is 5.73 Å². The lowest BCUT2D eigenvalue weighted by molar-refractivity contribution is 0.521. The van der Waals surface area contributed by atoms with Gasteiger partial charge in [-0.1, -0.05) is 31.9 Å². The van der Waals surface area contributed by atoms with Crippen LogP contribution < -0.4 is 5.73 Å². The van der Waals surface area contributed by atoms with Crippen molar-refractivity contribution in [1.82, 2.24) is 15.0 Å². The van der Waals surface area contributed by atoms with E-state index in [-0.39, 0.29) is 0 Å². The van der Waals surface area contributed by atoms with Crippen LogP contribution in [0.1, 0.15) is 44.5 Å². The third-order valence-corrected chi connectivity index (χ3v) is 2.61. The summed E-state index contributed by atoms with van der Waals surface area (Å²) < 4.78 is 2.04. The molecule has 4 nitrogen and oxygen atoms in total. The van der Waals surface area contributed by atoms with Crippen molar-refractivity contribution < 1.29 is 0 Å². The Labute approximate surface area is 91.9 Å². The van der Waals surface area contributed by atoms with Crippen LogP contribution in [0.5, 0.6) is 0 Å². The van der Waals surface area contributed by atoms with Crippen molar-refractivity contribution in [2.75, 3.05) is 6.54 Å². The number of unbranched alkanes of at least 4 members (excludes halogenated alkanes) is 2. The van der Waals surface area contributed by atoms with Gasteiger partial charge in [-0.2, -0.15) is 0 Å². The number of nitrogens with two attached hydrogens (primary N) is 1. The quantitative estimate of drug-likeness (QED) is 0.694. The fourth-order valence-electron chi connectivity index (χ4n) is 1.78. The Morgan fingerprint density at radius 1 is 1.27 bits per heavy atom. The minimum absolute atomic E-state index is 0.653. The molecule has 0 radical (unpaired) electrons. The fraction of sp³-hybridized carbons (Fsp3) is 0.818. The molecule has 0 aliphatic heterocycles. The highest BCUT2D eigenvalue weighted by atomic mass is 15.4. The highest BCUT2D eigenvalue weighted by Crippen LogP contribution is 2.08. The predicted octanol–water partition coefficient (Wildman–Crippen LogP) is 1.53. The predicted molar refractivity (Wildman–Crippen MR) is 61.7 cm³/mol. The molecule has 0 saturated carbocycles. The Bertz CT molecular complexity index is 280. The molecule has 0 bridgehead atoms. The Kier molecular flexibility index (Phi) is 5.32. The number of hydrogen-bond donors (Lipinski definition) is 1. The van der Waals surface area contributed by atoms with Crippen molar-refractivity contribution in [2.24, 2.45) is 5.73 Å². The molecule has 1 rings (SSSR count). The van der Waals surface area contributed by atoms with Crippen molar-refractivity contribution in [1.29, 1.82) is 0 Å². The van der Waals surface area contributed by atoms with Crippen molar-refractivity contribution >= 4 is 0 Å². The van der Waals surface area contributed by atoms with E-state index in [1.807, 2.05) is 4.68 Å². The summed E-state index contributed by atoms with van der Waals surface area (Å²) in [6.45, 7) is 6.01. The van der Waals surface area contributed by atoms with Gasteiger partial charge in [0.05, 0.1) is 11.4 Å². The second-order valence-corrected chi connectivity index (χ2v) is 3.81. The second kappa shape index (κ2) is 6.56. The summed E-state index contributed by atoms with van der Waals surface area (Å²) in [5.74, 6) is 0. The number of aryl methyl sites for hydroxylation is 1. The molecule has 0 fully saturated rings. The summed E-state index contributed by atoms with van der Waals surface area (Å²) in [6, 6.07) is 0. The largest absolute Gasteiger partial charge is 0.330 e. The van der Waals surface area contributed by atoms with Crippen LogP contribution in [0.4, 0.5) is 0 Å². The zero-order chi connectivity index (χ0) is 11.1. The van der Waals surface area contributed by atoms with Gasteiger partial charge < -0.3 is 5.73 Å². The van der Waals surface area contributed by atoms with E-state index in [0.717, 1.165) is 25.1 Å². The first kappa shape index (κ1) is 12.2. The van der Waals surface area contributed by atoms with Gasteiger partial charge in [0.2, 0.25) is 0 Å². The highest BCUT2D eigenvalue weighted by molar-refractivity contribution is 5.10. The normalized spacial score (nSPS) is 10.9. The Balaban J connectivity index is 2.62. The molecule has 0 spiro atoms. The van der Waals surface area contributed by atoms with Crippen LogP contribution in [0.25, 0.3) is 0 Å². The monoisotopic (exact) mass is 210 g/mol. The van der Waals surface area contributed by atoms with E-state index in [1.165, 1.54) is 25.0 Å². The fourth-order valence-corrected chi connectivity index (χ4v) is 1.78. The van der Waals surface area contributed by atoms with E-state index in [0.29, 0.717) is 6.54 Å². The summed E-state index contributed by atoms with van der Waals surface area (Å²) in [5.41, 5.74) is 7.88. The summed E-state index contributed by atoms with van der Waals surface area (Å²) in [4.78, 5) is 0. The molecule has 0 aliphatic rings. The van der Waals surface area contributed by atoms with Crippen molar-refractivity contribution in [3.8, 4) is 0 Å². The van der Waals surface area contributed by atoms with Crippen LogP contribution in [-0.4, -0.2) is 21.5 Å². The molecule has 4 heteroatoms. The van der Waals surface area contributed by atoms with Gasteiger partial charge in [0.25, 0.3) is 0 Å². The zero-order valence-electron chi connectivity index (χ0n) is 9.87. The summed E-state index contributed by atoms with van der Waals surface area (Å²) >= 11 is 0. The zero-order valence-corrected chi connectivity index (χ0v) is 9.87. The van der Waals surface area contributed by atoms with Gasteiger partial charge >= 0.3 is 0 Å². The van der Waals surface area contributed by atoms with E-state index in [2.05, 4.69) is 24.2 Å². The van der Waals surface area contributed by atoms with Gasteiger partial charge in [-0.25, -0.2) is 4.68 Å². The Morgan fingerprint density at radius 2 is 2.07 bits per heavy atom. The van der Waals surface area contributed by atoms with E-state index < -0.39 is 0 Å². The summed E-state index contributed by atoms with van der Waals surface area (Å²) in [5, 5.41) is 8.38. The molecule has 1 heterocycles. The van der Waals surface area contributed by atoms with Gasteiger partial charge in [0.1, 0.15) is 0 Å². The van der Waals surface area contributed by atoms with Crippen molar-refractivity contribution in [3.05, 3.63) is 11.4 Å². The highest BCUT2D eigenvalue weighted by Gasteiger charge is 2.09. The molecule has 0 aromatic carbocycles. The van der Waals surface area contributed by atoms with Crippen LogP contribution in [0.2, 0.25) is 0 Å². The lowest BCUT2D eigenvalue weighted by Gasteiger charge is -2.04. The molecular formula is C11H22N4. The minimum Gasteiger partial charge on any atom is -0.330 e. The molecule has 0 amide bonds. The maximum atomic E-state index is 5.54. The molecule has 1 aromatic rings. The molecular weight excluding hydrogens is 188 g/mol. The van der Waals surface area contributed by atoms with E-state index >= 15 is 0 Å². The van der Waals surface area contributed by atoms with Gasteiger partial charge in [0.15, 0.2) is 0 Å². The number of aromatic nitrogens is 3. The molecule has 0 atom stereocenters. The average Bonchev–Trinajstić information content (AvgIpc) is 2.62. The van der Waals surface area contributed by atoms with Crippen molar-refractivity contribution in [3.63, 3.8) is 0 Å². The average molecular weight is 210 g/mol. The summed E-state index contributed by atoms with van der Waals surface area (Å²) in [6.07, 6.45) is 5.53. The molecule has 0 saturated heterocycles. The summed E-state index contributed by atoms with van der Waals surface area (Å²) in [7, 11) is 0. The second-order valence-electron chi connectivity index (χ2n) is 3.81. The molecule has 15 heavy (non-hydrogen) atoms. The van der Waals surface area contributed by atoms with Crippen molar-refractivity contribution in [2.45, 2.75) is 52.5 Å². The van der Waals surface area contributed by atoms with Crippen LogP contribution in [0.3, 0.4) is 0 Å². The van der Waals surface area contributed by atoms with Crippen LogP contribution in [-0.2, 0) is 19.4 Å². The van der Waals surface area contributed by atoms with Gasteiger partial charge in [-0.15, -0.1) is 5.10 Å². The molecule has 1 aromatic heterocycles. The lowest BCUT2D eigenvalue weighted by atomic mass is 10.2. The Hall–Kier alpha value is -0.900. The van der Waals surface area contributed by atoms with Gasteiger partial charge in [-0.05, 0) is 19.4 Å². The first-order valence-electron chi connectivity index (χ1n) is 5.94. The molecule has 0 aliphatic carbocycles. The number of hydrogen-bond acceptors (Lipinski definition) is 3. The smallest absolute Gasteiger partial charge is 0.0871 e. The Morgan fingerprint density at radius 3 is 2.67 bits per heavy atom. The lowest BCUT2D eigenvalue weighted by Crippen LogP contribution is -2.08. The first-order chi connectivity index (χ1) is 7.33. The topological polar surface area (TPSA) is 56.7 Å². The first-order valence-corrected chi connectivity index (χ1v) is 5.94. The minimum atomic E-state index is 0.653.